The number of aromatic nitrogens is 2. The number of piperidine rings is 1. The fourth-order valence-electron chi connectivity index (χ4n) is 3.57. The van der Waals surface area contributed by atoms with Crippen LogP contribution in [0.4, 0.5) is 10.2 Å². The molecule has 1 N–H and O–H groups in total. The number of benzene rings is 1. The fourth-order valence-corrected chi connectivity index (χ4v) is 3.57. The van der Waals surface area contributed by atoms with E-state index in [1.165, 1.54) is 17.7 Å². The molecule has 1 aromatic heterocycles. The van der Waals surface area contributed by atoms with Crippen LogP contribution < -0.4 is 10.2 Å². The zero-order valence-electron chi connectivity index (χ0n) is 15.3. The molecule has 134 valence electrons. The second kappa shape index (κ2) is 7.91. The molecule has 4 nitrogen and oxygen atoms in total. The van der Waals surface area contributed by atoms with Crippen molar-refractivity contribution in [1.82, 2.24) is 15.3 Å². The first-order valence-electron chi connectivity index (χ1n) is 9.07. The van der Waals surface area contributed by atoms with Gasteiger partial charge in [-0.1, -0.05) is 12.1 Å². The fraction of sp³-hybridized carbons (Fsp3) is 0.500. The van der Waals surface area contributed by atoms with Gasteiger partial charge in [-0.15, -0.1) is 0 Å². The van der Waals surface area contributed by atoms with Crippen LogP contribution in [0, 0.1) is 19.7 Å². The second-order valence-corrected chi connectivity index (χ2v) is 7.07. The smallest absolute Gasteiger partial charge is 0.132 e. The van der Waals surface area contributed by atoms with E-state index in [0.29, 0.717) is 12.1 Å². The largest absolute Gasteiger partial charge is 0.356 e. The van der Waals surface area contributed by atoms with Crippen LogP contribution in [0.25, 0.3) is 0 Å². The van der Waals surface area contributed by atoms with E-state index in [1.54, 1.807) is 0 Å². The third-order valence-corrected chi connectivity index (χ3v) is 4.75. The summed E-state index contributed by atoms with van der Waals surface area (Å²) >= 11 is 0. The van der Waals surface area contributed by atoms with Crippen LogP contribution in [0.5, 0.6) is 0 Å². The monoisotopic (exact) mass is 342 g/mol. The van der Waals surface area contributed by atoms with Gasteiger partial charge in [-0.2, -0.15) is 0 Å². The minimum absolute atomic E-state index is 0.174. The molecular formula is C20H27FN4. The van der Waals surface area contributed by atoms with Crippen molar-refractivity contribution in [3.8, 4) is 0 Å². The SMILES string of the molecule is Cc1cc(N2CCC(NC(C)Cc3ccc(F)cc3)CC2)nc(C)n1. The summed E-state index contributed by atoms with van der Waals surface area (Å²) < 4.78 is 13.0. The van der Waals surface area contributed by atoms with Gasteiger partial charge in [-0.3, -0.25) is 0 Å². The van der Waals surface area contributed by atoms with Gasteiger partial charge < -0.3 is 10.2 Å². The van der Waals surface area contributed by atoms with E-state index in [4.69, 9.17) is 0 Å². The maximum atomic E-state index is 13.0. The summed E-state index contributed by atoms with van der Waals surface area (Å²) in [5.74, 6) is 1.71. The second-order valence-electron chi connectivity index (χ2n) is 7.07. The molecule has 2 heterocycles. The van der Waals surface area contributed by atoms with Crippen molar-refractivity contribution in [2.75, 3.05) is 18.0 Å². The number of rotatable bonds is 5. The van der Waals surface area contributed by atoms with E-state index >= 15 is 0 Å². The summed E-state index contributed by atoms with van der Waals surface area (Å²) in [6.07, 6.45) is 3.14. The number of hydrogen-bond acceptors (Lipinski definition) is 4. The zero-order chi connectivity index (χ0) is 17.8. The Morgan fingerprint density at radius 2 is 1.84 bits per heavy atom. The Morgan fingerprint density at radius 1 is 1.16 bits per heavy atom. The van der Waals surface area contributed by atoms with Gasteiger partial charge in [0.15, 0.2) is 0 Å². The van der Waals surface area contributed by atoms with Crippen molar-refractivity contribution >= 4 is 5.82 Å². The normalized spacial score (nSPS) is 16.9. The predicted octanol–water partition coefficient (Wildman–Crippen LogP) is 3.42. The van der Waals surface area contributed by atoms with E-state index in [2.05, 4.69) is 33.2 Å². The van der Waals surface area contributed by atoms with Crippen LogP contribution in [0.3, 0.4) is 0 Å². The van der Waals surface area contributed by atoms with Gasteiger partial charge in [0.25, 0.3) is 0 Å². The standard InChI is InChI=1S/C20H27FN4/c1-14(12-17-4-6-18(21)7-5-17)23-19-8-10-25(11-9-19)20-13-15(2)22-16(3)24-20/h4-7,13-14,19,23H,8-12H2,1-3H3. The highest BCUT2D eigenvalue weighted by Gasteiger charge is 2.21. The van der Waals surface area contributed by atoms with Crippen molar-refractivity contribution < 1.29 is 4.39 Å². The minimum atomic E-state index is -0.174. The highest BCUT2D eigenvalue weighted by Crippen LogP contribution is 2.19. The Balaban J connectivity index is 1.49. The molecule has 0 radical (unpaired) electrons. The van der Waals surface area contributed by atoms with E-state index in [1.807, 2.05) is 26.0 Å². The Morgan fingerprint density at radius 3 is 2.48 bits per heavy atom. The molecule has 1 aromatic carbocycles. The van der Waals surface area contributed by atoms with Crippen LogP contribution in [0.15, 0.2) is 30.3 Å². The molecule has 0 saturated carbocycles. The molecule has 1 aliphatic rings. The molecule has 2 aromatic rings. The number of nitrogens with one attached hydrogen (secondary N) is 1. The highest BCUT2D eigenvalue weighted by molar-refractivity contribution is 5.40. The van der Waals surface area contributed by atoms with Gasteiger partial charge in [0.05, 0.1) is 0 Å². The maximum Gasteiger partial charge on any atom is 0.132 e. The number of hydrogen-bond donors (Lipinski definition) is 1. The zero-order valence-corrected chi connectivity index (χ0v) is 15.3. The molecule has 0 amide bonds. The average Bonchev–Trinajstić information content (AvgIpc) is 2.57. The summed E-state index contributed by atoms with van der Waals surface area (Å²) in [4.78, 5) is 11.3. The quantitative estimate of drug-likeness (QED) is 0.904. The van der Waals surface area contributed by atoms with Crippen molar-refractivity contribution in [3.63, 3.8) is 0 Å². The van der Waals surface area contributed by atoms with Gasteiger partial charge in [0.1, 0.15) is 17.5 Å². The molecule has 5 heteroatoms. The first-order valence-corrected chi connectivity index (χ1v) is 9.07. The Hall–Kier alpha value is -2.01. The summed E-state index contributed by atoms with van der Waals surface area (Å²) in [5.41, 5.74) is 2.20. The topological polar surface area (TPSA) is 41.0 Å². The van der Waals surface area contributed by atoms with E-state index < -0.39 is 0 Å². The van der Waals surface area contributed by atoms with Crippen LogP contribution in [-0.4, -0.2) is 35.1 Å². The van der Waals surface area contributed by atoms with E-state index in [0.717, 1.165) is 49.7 Å². The summed E-state index contributed by atoms with van der Waals surface area (Å²) in [7, 11) is 0. The number of anilines is 1. The average molecular weight is 342 g/mol. The molecule has 1 fully saturated rings. The van der Waals surface area contributed by atoms with Crippen LogP contribution in [-0.2, 0) is 6.42 Å². The van der Waals surface area contributed by atoms with Crippen molar-refractivity contribution in [2.24, 2.45) is 0 Å². The van der Waals surface area contributed by atoms with E-state index in [-0.39, 0.29) is 5.82 Å². The summed E-state index contributed by atoms with van der Waals surface area (Å²) in [5, 5.41) is 3.72. The number of aryl methyl sites for hydroxylation is 2. The van der Waals surface area contributed by atoms with Crippen LogP contribution in [0.2, 0.25) is 0 Å². The minimum Gasteiger partial charge on any atom is -0.356 e. The molecule has 3 rings (SSSR count). The number of nitrogens with zero attached hydrogens (tertiary/aromatic N) is 3. The molecular weight excluding hydrogens is 315 g/mol. The molecule has 0 spiro atoms. The Kier molecular flexibility index (Phi) is 5.63. The van der Waals surface area contributed by atoms with Gasteiger partial charge in [0, 0.05) is 36.9 Å². The lowest BCUT2D eigenvalue weighted by molar-refractivity contribution is 0.374. The molecule has 1 unspecified atom stereocenters. The molecule has 1 aliphatic heterocycles. The Bertz CT molecular complexity index is 673. The van der Waals surface area contributed by atoms with Crippen LogP contribution >= 0.6 is 0 Å². The number of halogens is 1. The van der Waals surface area contributed by atoms with Crippen molar-refractivity contribution in [3.05, 3.63) is 53.2 Å². The van der Waals surface area contributed by atoms with Crippen LogP contribution in [0.1, 0.15) is 36.8 Å². The first kappa shape index (κ1) is 17.8. The molecule has 25 heavy (non-hydrogen) atoms. The summed E-state index contributed by atoms with van der Waals surface area (Å²) in [6.45, 7) is 8.19. The molecule has 1 atom stereocenters. The lowest BCUT2D eigenvalue weighted by Gasteiger charge is -2.34. The highest BCUT2D eigenvalue weighted by atomic mass is 19.1. The first-order chi connectivity index (χ1) is 12.0. The lowest BCUT2D eigenvalue weighted by atomic mass is 10.0. The van der Waals surface area contributed by atoms with Gasteiger partial charge >= 0.3 is 0 Å². The third kappa shape index (κ3) is 4.98. The van der Waals surface area contributed by atoms with Gasteiger partial charge in [-0.25, -0.2) is 14.4 Å². The molecule has 0 aliphatic carbocycles. The predicted molar refractivity (Wildman–Crippen MR) is 99.4 cm³/mol. The van der Waals surface area contributed by atoms with Crippen molar-refractivity contribution in [1.29, 1.82) is 0 Å². The van der Waals surface area contributed by atoms with Gasteiger partial charge in [-0.05, 0) is 57.7 Å². The third-order valence-electron chi connectivity index (χ3n) is 4.75. The molecule has 1 saturated heterocycles. The maximum absolute atomic E-state index is 13.0. The van der Waals surface area contributed by atoms with Gasteiger partial charge in [0.2, 0.25) is 0 Å². The van der Waals surface area contributed by atoms with E-state index in [9.17, 15) is 4.39 Å². The van der Waals surface area contributed by atoms with Crippen molar-refractivity contribution in [2.45, 2.75) is 52.1 Å². The molecule has 0 bridgehead atoms. The lowest BCUT2D eigenvalue weighted by Crippen LogP contribution is -2.46. The summed E-state index contributed by atoms with van der Waals surface area (Å²) in [6, 6.07) is 9.78. The Labute approximate surface area is 149 Å².